The molecule has 0 aromatic heterocycles. The first kappa shape index (κ1) is 29.3. The number of methoxy groups -OCH3 is 1. The number of halogens is 4. The molecule has 8 nitrogen and oxygen atoms in total. The van der Waals surface area contributed by atoms with Crippen molar-refractivity contribution in [3.8, 4) is 5.75 Å². The molecule has 0 saturated carbocycles. The summed E-state index contributed by atoms with van der Waals surface area (Å²) in [7, 11) is -8.96. The zero-order valence-corrected chi connectivity index (χ0v) is 23.5. The Kier molecular flexibility index (Phi) is 8.36. The zero-order valence-electron chi connectivity index (χ0n) is 20.3. The van der Waals surface area contributed by atoms with Gasteiger partial charge in [0.25, 0.3) is 26.0 Å². The number of benzene rings is 4. The van der Waals surface area contributed by atoms with Crippen molar-refractivity contribution >= 4 is 60.5 Å². The van der Waals surface area contributed by atoms with Gasteiger partial charge in [-0.05, 0) is 84.9 Å². The van der Waals surface area contributed by atoms with Crippen LogP contribution in [0.4, 0.5) is 20.2 Å². The SMILES string of the molecule is COc1ccc(NC(=O)c2ccc(N(S(=O)(=O)c3ccc(Cl)cc3F)S(=O)(=O)c3ccc(Cl)cc3F)cc2)cc1. The fraction of sp³-hybridized carbons (Fsp3) is 0.0385. The minimum absolute atomic E-state index is 0.0321. The first-order chi connectivity index (χ1) is 18.8. The highest BCUT2D eigenvalue weighted by molar-refractivity contribution is 8.10. The van der Waals surface area contributed by atoms with Gasteiger partial charge in [0.1, 0.15) is 27.2 Å². The number of ether oxygens (including phenoxy) is 1. The summed E-state index contributed by atoms with van der Waals surface area (Å²) >= 11 is 11.5. The first-order valence-electron chi connectivity index (χ1n) is 11.1. The molecule has 0 aliphatic carbocycles. The molecule has 0 spiro atoms. The van der Waals surface area contributed by atoms with Gasteiger partial charge < -0.3 is 10.1 Å². The zero-order chi connectivity index (χ0) is 29.2. The topological polar surface area (TPSA) is 110 Å². The van der Waals surface area contributed by atoms with Crippen LogP contribution < -0.4 is 13.8 Å². The minimum atomic E-state index is -5.22. The first-order valence-corrected chi connectivity index (χ1v) is 14.7. The van der Waals surface area contributed by atoms with Crippen LogP contribution in [0, 0.1) is 11.6 Å². The molecule has 40 heavy (non-hydrogen) atoms. The van der Waals surface area contributed by atoms with Gasteiger partial charge in [0, 0.05) is 21.3 Å². The Balaban J connectivity index is 1.79. The molecular weight excluding hydrogens is 609 g/mol. The highest BCUT2D eigenvalue weighted by Crippen LogP contribution is 2.34. The largest absolute Gasteiger partial charge is 0.497 e. The second-order valence-corrected chi connectivity index (χ2v) is 12.7. The lowest BCUT2D eigenvalue weighted by atomic mass is 10.2. The number of carbonyl (C=O) groups excluding carboxylic acids is 1. The van der Waals surface area contributed by atoms with E-state index in [0.29, 0.717) is 23.6 Å². The molecule has 0 aliphatic heterocycles. The molecule has 0 saturated heterocycles. The van der Waals surface area contributed by atoms with Gasteiger partial charge in [0.15, 0.2) is 0 Å². The summed E-state index contributed by atoms with van der Waals surface area (Å²) < 4.78 is 88.8. The summed E-state index contributed by atoms with van der Waals surface area (Å²) in [5, 5.41) is 2.35. The second kappa shape index (κ2) is 11.4. The van der Waals surface area contributed by atoms with E-state index in [2.05, 4.69) is 5.32 Å². The van der Waals surface area contributed by atoms with E-state index >= 15 is 0 Å². The molecule has 0 radical (unpaired) electrons. The van der Waals surface area contributed by atoms with Crippen molar-refractivity contribution in [2.45, 2.75) is 9.79 Å². The number of carbonyl (C=O) groups is 1. The van der Waals surface area contributed by atoms with Gasteiger partial charge in [-0.2, -0.15) is 20.5 Å². The van der Waals surface area contributed by atoms with Crippen LogP contribution in [0.25, 0.3) is 0 Å². The molecule has 14 heteroatoms. The number of nitrogens with one attached hydrogen (secondary N) is 1. The van der Waals surface area contributed by atoms with Crippen LogP contribution in [0.1, 0.15) is 10.4 Å². The Morgan fingerprint density at radius 1 is 0.750 bits per heavy atom. The highest BCUT2D eigenvalue weighted by Gasteiger charge is 2.40. The molecule has 0 unspecified atom stereocenters. The molecule has 0 atom stereocenters. The second-order valence-electron chi connectivity index (χ2n) is 8.09. The fourth-order valence-corrected chi connectivity index (χ4v) is 7.65. The van der Waals surface area contributed by atoms with E-state index in [4.69, 9.17) is 27.9 Å². The lowest BCUT2D eigenvalue weighted by Crippen LogP contribution is -2.38. The van der Waals surface area contributed by atoms with Gasteiger partial charge in [0.05, 0.1) is 12.8 Å². The van der Waals surface area contributed by atoms with Crippen LogP contribution in [-0.4, -0.2) is 29.9 Å². The Bertz CT molecular complexity index is 1720. The van der Waals surface area contributed by atoms with Crippen LogP contribution in [0.2, 0.25) is 10.0 Å². The van der Waals surface area contributed by atoms with Crippen LogP contribution in [0.5, 0.6) is 5.75 Å². The normalized spacial score (nSPS) is 11.6. The number of sulfonamides is 2. The van der Waals surface area contributed by atoms with E-state index in [1.165, 1.54) is 7.11 Å². The van der Waals surface area contributed by atoms with Crippen molar-refractivity contribution in [1.82, 2.24) is 0 Å². The number of anilines is 2. The smallest absolute Gasteiger partial charge is 0.280 e. The summed E-state index contributed by atoms with van der Waals surface area (Å²) in [4.78, 5) is 10.7. The molecule has 1 amide bonds. The molecule has 208 valence electrons. The van der Waals surface area contributed by atoms with E-state index in [0.717, 1.165) is 48.5 Å². The van der Waals surface area contributed by atoms with Crippen LogP contribution in [0.15, 0.2) is 94.7 Å². The van der Waals surface area contributed by atoms with Crippen molar-refractivity contribution in [3.05, 3.63) is 112 Å². The van der Waals surface area contributed by atoms with Gasteiger partial charge in [-0.25, -0.2) is 8.78 Å². The van der Waals surface area contributed by atoms with Crippen LogP contribution in [0.3, 0.4) is 0 Å². The quantitative estimate of drug-likeness (QED) is 0.252. The average Bonchev–Trinajstić information content (AvgIpc) is 2.88. The Labute approximate surface area is 238 Å². The summed E-state index contributed by atoms with van der Waals surface area (Å²) in [5.74, 6) is -2.69. The summed E-state index contributed by atoms with van der Waals surface area (Å²) in [6, 6.07) is 15.8. The molecule has 0 heterocycles. The summed E-state index contributed by atoms with van der Waals surface area (Å²) in [6.45, 7) is 0. The molecule has 4 rings (SSSR count). The number of rotatable bonds is 8. The number of nitrogens with zero attached hydrogens (tertiary/aromatic N) is 1. The monoisotopic (exact) mass is 626 g/mol. The third-order valence-electron chi connectivity index (χ3n) is 5.47. The van der Waals surface area contributed by atoms with Crippen molar-refractivity contribution < 1.29 is 35.1 Å². The summed E-state index contributed by atoms with van der Waals surface area (Å²) in [5.41, 5.74) is -0.0626. The van der Waals surface area contributed by atoms with Gasteiger partial charge >= 0.3 is 0 Å². The average molecular weight is 627 g/mol. The molecule has 4 aromatic rings. The van der Waals surface area contributed by atoms with Crippen molar-refractivity contribution in [3.63, 3.8) is 0 Å². The minimum Gasteiger partial charge on any atom is -0.497 e. The number of amides is 1. The van der Waals surface area contributed by atoms with E-state index < -0.39 is 53.1 Å². The van der Waals surface area contributed by atoms with Gasteiger partial charge in [0.2, 0.25) is 0 Å². The van der Waals surface area contributed by atoms with Crippen LogP contribution in [-0.2, 0) is 20.0 Å². The van der Waals surface area contributed by atoms with Gasteiger partial charge in [-0.15, -0.1) is 0 Å². The maximum atomic E-state index is 14.7. The number of hydrogen-bond donors (Lipinski definition) is 1. The third kappa shape index (κ3) is 5.89. The van der Waals surface area contributed by atoms with Crippen molar-refractivity contribution in [2.75, 3.05) is 16.1 Å². The predicted octanol–water partition coefficient (Wildman–Crippen LogP) is 6.12. The van der Waals surface area contributed by atoms with E-state index in [1.807, 2.05) is 0 Å². The van der Waals surface area contributed by atoms with E-state index in [-0.39, 0.29) is 19.3 Å². The lowest BCUT2D eigenvalue weighted by Gasteiger charge is -2.24. The maximum absolute atomic E-state index is 14.7. The molecular formula is C26H18Cl2F2N2O6S2. The molecule has 1 N–H and O–H groups in total. The van der Waals surface area contributed by atoms with E-state index in [1.54, 1.807) is 24.3 Å². The maximum Gasteiger partial charge on any atom is 0.280 e. The lowest BCUT2D eigenvalue weighted by molar-refractivity contribution is 0.102. The molecule has 0 aliphatic rings. The Hall–Kier alpha value is -3.71. The van der Waals surface area contributed by atoms with Gasteiger partial charge in [-0.3, -0.25) is 4.79 Å². The molecule has 0 bridgehead atoms. The van der Waals surface area contributed by atoms with Gasteiger partial charge in [-0.1, -0.05) is 23.2 Å². The third-order valence-corrected chi connectivity index (χ3v) is 10.2. The Morgan fingerprint density at radius 2 is 1.23 bits per heavy atom. The highest BCUT2D eigenvalue weighted by atomic mass is 35.5. The predicted molar refractivity (Wildman–Crippen MR) is 147 cm³/mol. The van der Waals surface area contributed by atoms with Crippen molar-refractivity contribution in [1.29, 1.82) is 0 Å². The number of hydrogen-bond acceptors (Lipinski definition) is 6. The van der Waals surface area contributed by atoms with Crippen molar-refractivity contribution in [2.24, 2.45) is 0 Å². The Morgan fingerprint density at radius 3 is 1.65 bits per heavy atom. The summed E-state index contributed by atoms with van der Waals surface area (Å²) in [6.07, 6.45) is 0. The standard InChI is InChI=1S/C26H18Cl2F2N2O6S2/c1-38-21-10-6-19(7-11-21)31-26(33)16-2-8-20(9-3-16)32(39(34,35)24-12-4-17(27)14-22(24)29)40(36,37)25-13-5-18(28)15-23(25)30/h2-15H,1H3,(H,31,33). The fourth-order valence-electron chi connectivity index (χ4n) is 3.57. The molecule has 4 aromatic carbocycles. The molecule has 0 fully saturated rings. The van der Waals surface area contributed by atoms with Crippen LogP contribution >= 0.6 is 23.2 Å². The van der Waals surface area contributed by atoms with E-state index in [9.17, 15) is 30.4 Å².